The van der Waals surface area contributed by atoms with Gasteiger partial charge >= 0.3 is 0 Å². The highest BCUT2D eigenvalue weighted by Gasteiger charge is 2.21. The molecule has 96 valence electrons. The Balaban J connectivity index is 2.00. The highest BCUT2D eigenvalue weighted by molar-refractivity contribution is 5.99. The zero-order valence-corrected chi connectivity index (χ0v) is 10.5. The van der Waals surface area contributed by atoms with Crippen LogP contribution in [0.25, 0.3) is 0 Å². The van der Waals surface area contributed by atoms with Gasteiger partial charge in [-0.1, -0.05) is 31.2 Å². The van der Waals surface area contributed by atoms with Crippen LogP contribution < -0.4 is 0 Å². The lowest BCUT2D eigenvalue weighted by atomic mass is 10.1. The largest absolute Gasteiger partial charge is 0.370 e. The molecule has 0 aromatic heterocycles. The summed E-state index contributed by atoms with van der Waals surface area (Å²) in [5.41, 5.74) is 1.86. The van der Waals surface area contributed by atoms with Crippen molar-refractivity contribution in [2.75, 3.05) is 26.3 Å². The van der Waals surface area contributed by atoms with Crippen molar-refractivity contribution in [3.63, 3.8) is 0 Å². The maximum absolute atomic E-state index is 12.0. The number of hydrogen-bond donors (Lipinski definition) is 0. The minimum Gasteiger partial charge on any atom is -0.370 e. The average molecular weight is 247 g/mol. The fourth-order valence-electron chi connectivity index (χ4n) is 1.91. The molecule has 1 amide bonds. The maximum atomic E-state index is 12.0. The number of benzene rings is 1. The fourth-order valence-corrected chi connectivity index (χ4v) is 1.91. The van der Waals surface area contributed by atoms with Crippen molar-refractivity contribution in [2.24, 2.45) is 0 Å². The standard InChI is InChI=1S/C14H17NO3/c1-2-11-3-5-12(6-4-11)13(16)9-15-7-8-18-10-14(15)17/h3-6H,2,7-10H2,1H3. The first-order chi connectivity index (χ1) is 8.70. The molecule has 2 rings (SSSR count). The van der Waals surface area contributed by atoms with Gasteiger partial charge in [0.2, 0.25) is 5.91 Å². The van der Waals surface area contributed by atoms with Crippen LogP contribution in [0.15, 0.2) is 24.3 Å². The molecule has 0 atom stereocenters. The minimum atomic E-state index is -0.111. The van der Waals surface area contributed by atoms with Crippen LogP contribution in [-0.2, 0) is 16.0 Å². The first-order valence-electron chi connectivity index (χ1n) is 6.18. The summed E-state index contributed by atoms with van der Waals surface area (Å²) in [6.07, 6.45) is 0.955. The summed E-state index contributed by atoms with van der Waals surface area (Å²) < 4.78 is 5.03. The van der Waals surface area contributed by atoms with Crippen molar-refractivity contribution in [1.82, 2.24) is 4.90 Å². The number of hydrogen-bond acceptors (Lipinski definition) is 3. The van der Waals surface area contributed by atoms with Crippen molar-refractivity contribution in [1.29, 1.82) is 0 Å². The van der Waals surface area contributed by atoms with Crippen LogP contribution in [0.2, 0.25) is 0 Å². The third-order valence-corrected chi connectivity index (χ3v) is 3.10. The number of morpholine rings is 1. The summed E-state index contributed by atoms with van der Waals surface area (Å²) in [5, 5.41) is 0. The topological polar surface area (TPSA) is 46.6 Å². The summed E-state index contributed by atoms with van der Waals surface area (Å²) in [6, 6.07) is 7.56. The second-order valence-corrected chi connectivity index (χ2v) is 4.34. The second kappa shape index (κ2) is 5.78. The molecule has 0 aliphatic carbocycles. The van der Waals surface area contributed by atoms with Crippen molar-refractivity contribution in [3.8, 4) is 0 Å². The lowest BCUT2D eigenvalue weighted by Crippen LogP contribution is -2.44. The van der Waals surface area contributed by atoms with Gasteiger partial charge in [0.15, 0.2) is 5.78 Å². The molecule has 1 aromatic rings. The van der Waals surface area contributed by atoms with Gasteiger partial charge in [0.1, 0.15) is 6.61 Å². The van der Waals surface area contributed by atoms with E-state index in [1.54, 1.807) is 4.90 Å². The molecule has 1 aromatic carbocycles. The molecule has 1 saturated heterocycles. The number of Topliss-reactive ketones (excluding diaryl/α,β-unsaturated/α-hetero) is 1. The number of nitrogens with zero attached hydrogens (tertiary/aromatic N) is 1. The number of carbonyl (C=O) groups is 2. The van der Waals surface area contributed by atoms with Crippen molar-refractivity contribution < 1.29 is 14.3 Å². The Kier molecular flexibility index (Phi) is 4.10. The summed E-state index contributed by atoms with van der Waals surface area (Å²) in [7, 11) is 0. The van der Waals surface area contributed by atoms with Gasteiger partial charge in [-0.15, -0.1) is 0 Å². The smallest absolute Gasteiger partial charge is 0.249 e. The van der Waals surface area contributed by atoms with E-state index < -0.39 is 0 Å². The van der Waals surface area contributed by atoms with E-state index in [-0.39, 0.29) is 24.8 Å². The molecule has 4 heteroatoms. The molecular formula is C14H17NO3. The van der Waals surface area contributed by atoms with Crippen LogP contribution in [0.3, 0.4) is 0 Å². The van der Waals surface area contributed by atoms with Crippen LogP contribution in [0, 0.1) is 0 Å². The zero-order chi connectivity index (χ0) is 13.0. The molecule has 4 nitrogen and oxygen atoms in total. The van der Waals surface area contributed by atoms with Crippen LogP contribution in [0.1, 0.15) is 22.8 Å². The molecule has 0 saturated carbocycles. The molecular weight excluding hydrogens is 230 g/mol. The second-order valence-electron chi connectivity index (χ2n) is 4.34. The van der Waals surface area contributed by atoms with Gasteiger partial charge < -0.3 is 9.64 Å². The molecule has 0 N–H and O–H groups in total. The molecule has 0 radical (unpaired) electrons. The van der Waals surface area contributed by atoms with E-state index in [9.17, 15) is 9.59 Å². The predicted octanol–water partition coefficient (Wildman–Crippen LogP) is 1.29. The van der Waals surface area contributed by atoms with E-state index in [0.29, 0.717) is 18.7 Å². The third-order valence-electron chi connectivity index (χ3n) is 3.10. The van der Waals surface area contributed by atoms with Gasteiger partial charge in [-0.25, -0.2) is 0 Å². The minimum absolute atomic E-state index is 0.0205. The van der Waals surface area contributed by atoms with Crippen LogP contribution >= 0.6 is 0 Å². The van der Waals surface area contributed by atoms with Gasteiger partial charge in [-0.3, -0.25) is 9.59 Å². The van der Waals surface area contributed by atoms with Gasteiger partial charge in [0, 0.05) is 12.1 Å². The van der Waals surface area contributed by atoms with Crippen LogP contribution in [0.4, 0.5) is 0 Å². The Morgan fingerprint density at radius 3 is 2.67 bits per heavy atom. The SMILES string of the molecule is CCc1ccc(C(=O)CN2CCOCC2=O)cc1. The lowest BCUT2D eigenvalue weighted by Gasteiger charge is -2.26. The zero-order valence-electron chi connectivity index (χ0n) is 10.5. The van der Waals surface area contributed by atoms with E-state index in [0.717, 1.165) is 6.42 Å². The van der Waals surface area contributed by atoms with Gasteiger partial charge in [0.05, 0.1) is 13.2 Å². The number of carbonyl (C=O) groups excluding carboxylic acids is 2. The van der Waals surface area contributed by atoms with Gasteiger partial charge in [0.25, 0.3) is 0 Å². The Bertz CT molecular complexity index is 439. The van der Waals surface area contributed by atoms with Gasteiger partial charge in [-0.2, -0.15) is 0 Å². The highest BCUT2D eigenvalue weighted by atomic mass is 16.5. The Labute approximate surface area is 107 Å². The maximum Gasteiger partial charge on any atom is 0.249 e. The van der Waals surface area contributed by atoms with E-state index in [1.165, 1.54) is 5.56 Å². The Morgan fingerprint density at radius 1 is 1.33 bits per heavy atom. The number of amides is 1. The summed E-state index contributed by atoms with van der Waals surface area (Å²) in [4.78, 5) is 25.1. The van der Waals surface area contributed by atoms with Crippen molar-refractivity contribution >= 4 is 11.7 Å². The Morgan fingerprint density at radius 2 is 2.06 bits per heavy atom. The number of ether oxygens (including phenoxy) is 1. The molecule has 1 fully saturated rings. The van der Waals surface area contributed by atoms with Crippen molar-refractivity contribution in [3.05, 3.63) is 35.4 Å². The molecule has 18 heavy (non-hydrogen) atoms. The predicted molar refractivity (Wildman–Crippen MR) is 67.5 cm³/mol. The highest BCUT2D eigenvalue weighted by Crippen LogP contribution is 2.08. The van der Waals surface area contributed by atoms with E-state index >= 15 is 0 Å². The summed E-state index contributed by atoms with van der Waals surface area (Å²) in [5.74, 6) is -0.132. The Hall–Kier alpha value is -1.68. The number of ketones is 1. The summed E-state index contributed by atoms with van der Waals surface area (Å²) >= 11 is 0. The normalized spacial score (nSPS) is 15.8. The molecule has 0 spiro atoms. The first kappa shape index (κ1) is 12.8. The van der Waals surface area contributed by atoms with Crippen molar-refractivity contribution in [2.45, 2.75) is 13.3 Å². The monoisotopic (exact) mass is 247 g/mol. The van der Waals surface area contributed by atoms with Crippen LogP contribution in [-0.4, -0.2) is 42.9 Å². The number of aryl methyl sites for hydroxylation is 1. The van der Waals surface area contributed by atoms with Gasteiger partial charge in [-0.05, 0) is 12.0 Å². The van der Waals surface area contributed by atoms with Crippen LogP contribution in [0.5, 0.6) is 0 Å². The number of rotatable bonds is 4. The lowest BCUT2D eigenvalue weighted by molar-refractivity contribution is -0.141. The average Bonchev–Trinajstić information content (AvgIpc) is 2.41. The van der Waals surface area contributed by atoms with E-state index in [4.69, 9.17) is 4.74 Å². The quantitative estimate of drug-likeness (QED) is 0.753. The molecule has 1 heterocycles. The first-order valence-corrected chi connectivity index (χ1v) is 6.18. The summed E-state index contributed by atoms with van der Waals surface area (Å²) in [6.45, 7) is 3.31. The third kappa shape index (κ3) is 2.96. The van der Waals surface area contributed by atoms with E-state index in [2.05, 4.69) is 6.92 Å². The molecule has 1 aliphatic rings. The molecule has 0 bridgehead atoms. The van der Waals surface area contributed by atoms with E-state index in [1.807, 2.05) is 24.3 Å². The molecule has 1 aliphatic heterocycles. The molecule has 0 unspecified atom stereocenters. The fraction of sp³-hybridized carbons (Fsp3) is 0.429.